The Labute approximate surface area is 175 Å². The minimum absolute atomic E-state index is 0.257. The minimum Gasteiger partial charge on any atom is -0.497 e. The van der Waals surface area contributed by atoms with Crippen LogP contribution in [0.3, 0.4) is 0 Å². The molecule has 8 heteroatoms. The van der Waals surface area contributed by atoms with E-state index in [1.165, 1.54) is 11.3 Å². The molecule has 1 aliphatic carbocycles. The maximum atomic E-state index is 13.2. The lowest BCUT2D eigenvalue weighted by Crippen LogP contribution is -2.34. The van der Waals surface area contributed by atoms with Gasteiger partial charge in [0.15, 0.2) is 0 Å². The third-order valence-electron chi connectivity index (χ3n) is 5.40. The van der Waals surface area contributed by atoms with Crippen LogP contribution in [0.5, 0.6) is 11.5 Å². The van der Waals surface area contributed by atoms with Crippen LogP contribution in [0.25, 0.3) is 0 Å². The molecule has 0 radical (unpaired) electrons. The third kappa shape index (κ3) is 3.98. The summed E-state index contributed by atoms with van der Waals surface area (Å²) in [6, 6.07) is 8.69. The monoisotopic (exact) mass is 410 g/mol. The van der Waals surface area contributed by atoms with Crippen LogP contribution in [0.1, 0.15) is 29.1 Å². The molecule has 2 heterocycles. The molecule has 0 unspecified atom stereocenters. The van der Waals surface area contributed by atoms with Gasteiger partial charge < -0.3 is 24.1 Å². The van der Waals surface area contributed by atoms with E-state index < -0.39 is 0 Å². The number of aromatic nitrogens is 2. The topological polar surface area (TPSA) is 81.8 Å². The fourth-order valence-corrected chi connectivity index (χ4v) is 3.89. The Morgan fingerprint density at radius 2 is 2.10 bits per heavy atom. The summed E-state index contributed by atoms with van der Waals surface area (Å²) in [5, 5.41) is 7.62. The maximum absolute atomic E-state index is 13.2. The van der Waals surface area contributed by atoms with Crippen molar-refractivity contribution in [3.05, 3.63) is 59.3 Å². The van der Waals surface area contributed by atoms with E-state index in [-0.39, 0.29) is 6.03 Å². The standard InChI is InChI=1S/C22H26N4O4/c1-25-20-8-4-7-17(20)19(24-25)14-26(13-16-6-5-11-30-16)22(27)23-18-10-9-15(28-2)12-21(18)29-3/h5-6,9-12H,4,7-8,13-14H2,1-3H3,(H,23,27). The first-order valence-corrected chi connectivity index (χ1v) is 9.93. The van der Waals surface area contributed by atoms with Gasteiger partial charge in [0.1, 0.15) is 17.3 Å². The molecule has 1 aliphatic rings. The van der Waals surface area contributed by atoms with Gasteiger partial charge in [-0.2, -0.15) is 5.10 Å². The molecule has 0 spiro atoms. The highest BCUT2D eigenvalue weighted by atomic mass is 16.5. The van der Waals surface area contributed by atoms with Crippen molar-refractivity contribution in [2.45, 2.75) is 32.4 Å². The van der Waals surface area contributed by atoms with E-state index in [2.05, 4.69) is 10.4 Å². The zero-order valence-electron chi connectivity index (χ0n) is 17.5. The predicted molar refractivity (Wildman–Crippen MR) is 112 cm³/mol. The molecule has 8 nitrogen and oxygen atoms in total. The average molecular weight is 410 g/mol. The second-order valence-corrected chi connectivity index (χ2v) is 7.28. The van der Waals surface area contributed by atoms with Gasteiger partial charge in [-0.25, -0.2) is 4.79 Å². The van der Waals surface area contributed by atoms with Crippen LogP contribution < -0.4 is 14.8 Å². The molecule has 2 amide bonds. The summed E-state index contributed by atoms with van der Waals surface area (Å²) in [5.41, 5.74) is 4.03. The number of carbonyl (C=O) groups excluding carboxylic acids is 1. The molecule has 0 saturated heterocycles. The average Bonchev–Trinajstić information content (AvgIpc) is 3.49. The second-order valence-electron chi connectivity index (χ2n) is 7.28. The van der Waals surface area contributed by atoms with Crippen molar-refractivity contribution < 1.29 is 18.7 Å². The molecule has 1 aromatic carbocycles. The van der Waals surface area contributed by atoms with Gasteiger partial charge in [0, 0.05) is 18.8 Å². The van der Waals surface area contributed by atoms with Crippen LogP contribution in [-0.2, 0) is 33.0 Å². The number of ether oxygens (including phenoxy) is 2. The molecule has 0 fully saturated rings. The van der Waals surface area contributed by atoms with Gasteiger partial charge in [-0.05, 0) is 49.1 Å². The van der Waals surface area contributed by atoms with Crippen molar-refractivity contribution in [1.82, 2.24) is 14.7 Å². The molecule has 0 saturated carbocycles. The molecule has 3 aromatic rings. The summed E-state index contributed by atoms with van der Waals surface area (Å²) in [4.78, 5) is 14.9. The van der Waals surface area contributed by atoms with Gasteiger partial charge in [0.25, 0.3) is 0 Å². The highest BCUT2D eigenvalue weighted by Crippen LogP contribution is 2.30. The first kappa shape index (κ1) is 19.9. The highest BCUT2D eigenvalue weighted by molar-refractivity contribution is 5.91. The smallest absolute Gasteiger partial charge is 0.322 e. The minimum atomic E-state index is -0.257. The number of furan rings is 1. The van der Waals surface area contributed by atoms with Crippen LogP contribution >= 0.6 is 0 Å². The first-order chi connectivity index (χ1) is 14.6. The lowest BCUT2D eigenvalue weighted by molar-refractivity contribution is 0.200. The van der Waals surface area contributed by atoms with Gasteiger partial charge in [0.2, 0.25) is 0 Å². The fraction of sp³-hybridized carbons (Fsp3) is 0.364. The number of aryl methyl sites for hydroxylation is 1. The van der Waals surface area contributed by atoms with Gasteiger partial charge in [0.05, 0.1) is 45.0 Å². The quantitative estimate of drug-likeness (QED) is 0.641. The van der Waals surface area contributed by atoms with Crippen molar-refractivity contribution in [3.63, 3.8) is 0 Å². The lowest BCUT2D eigenvalue weighted by Gasteiger charge is -2.22. The van der Waals surface area contributed by atoms with E-state index in [1.54, 1.807) is 43.6 Å². The van der Waals surface area contributed by atoms with E-state index in [0.717, 1.165) is 25.0 Å². The molecule has 30 heavy (non-hydrogen) atoms. The number of rotatable bonds is 7. The fourth-order valence-electron chi connectivity index (χ4n) is 3.89. The first-order valence-electron chi connectivity index (χ1n) is 9.93. The maximum Gasteiger partial charge on any atom is 0.322 e. The summed E-state index contributed by atoms with van der Waals surface area (Å²) < 4.78 is 18.1. The Hall–Kier alpha value is -3.42. The number of urea groups is 1. The van der Waals surface area contributed by atoms with Gasteiger partial charge in [-0.3, -0.25) is 4.68 Å². The molecule has 0 aliphatic heterocycles. The number of nitrogens with zero attached hydrogens (tertiary/aromatic N) is 3. The largest absolute Gasteiger partial charge is 0.497 e. The summed E-state index contributed by atoms with van der Waals surface area (Å²) >= 11 is 0. The van der Waals surface area contributed by atoms with Crippen molar-refractivity contribution in [2.24, 2.45) is 7.05 Å². The van der Waals surface area contributed by atoms with E-state index in [1.807, 2.05) is 23.9 Å². The number of nitrogens with one attached hydrogen (secondary N) is 1. The molecule has 0 atom stereocenters. The van der Waals surface area contributed by atoms with Crippen LogP contribution in [0.15, 0.2) is 41.0 Å². The molecule has 4 rings (SSSR count). The van der Waals surface area contributed by atoms with Gasteiger partial charge in [-0.1, -0.05) is 0 Å². The summed E-state index contributed by atoms with van der Waals surface area (Å²) in [7, 11) is 5.11. The highest BCUT2D eigenvalue weighted by Gasteiger charge is 2.25. The molecule has 2 aromatic heterocycles. The van der Waals surface area contributed by atoms with Crippen molar-refractivity contribution in [2.75, 3.05) is 19.5 Å². The number of carbonyl (C=O) groups is 1. The predicted octanol–water partition coefficient (Wildman–Crippen LogP) is 3.75. The van der Waals surface area contributed by atoms with E-state index >= 15 is 0 Å². The third-order valence-corrected chi connectivity index (χ3v) is 5.40. The van der Waals surface area contributed by atoms with Crippen LogP contribution in [0.4, 0.5) is 10.5 Å². The zero-order valence-corrected chi connectivity index (χ0v) is 17.5. The number of methoxy groups -OCH3 is 2. The second kappa shape index (κ2) is 8.52. The Bertz CT molecular complexity index is 1030. The van der Waals surface area contributed by atoms with Crippen LogP contribution in [0.2, 0.25) is 0 Å². The number of hydrogen-bond donors (Lipinski definition) is 1. The number of fused-ring (bicyclic) bond motifs is 1. The summed E-state index contributed by atoms with van der Waals surface area (Å²) in [6.45, 7) is 0.733. The Balaban J connectivity index is 1.58. The number of benzene rings is 1. The van der Waals surface area contributed by atoms with Crippen molar-refractivity contribution in [1.29, 1.82) is 0 Å². The molecular weight excluding hydrogens is 384 g/mol. The Kier molecular flexibility index (Phi) is 5.65. The summed E-state index contributed by atoms with van der Waals surface area (Å²) in [5.74, 6) is 1.89. The molecule has 158 valence electrons. The van der Waals surface area contributed by atoms with Crippen molar-refractivity contribution >= 4 is 11.7 Å². The Morgan fingerprint density at radius 1 is 1.23 bits per heavy atom. The zero-order chi connectivity index (χ0) is 21.1. The SMILES string of the molecule is COc1ccc(NC(=O)N(Cc2ccco2)Cc2nn(C)c3c2CCC3)c(OC)c1. The van der Waals surface area contributed by atoms with Crippen LogP contribution in [-0.4, -0.2) is 34.9 Å². The molecular formula is C22H26N4O4. The van der Waals surface area contributed by atoms with Gasteiger partial charge >= 0.3 is 6.03 Å². The van der Waals surface area contributed by atoms with E-state index in [4.69, 9.17) is 13.9 Å². The van der Waals surface area contributed by atoms with Crippen molar-refractivity contribution in [3.8, 4) is 11.5 Å². The summed E-state index contributed by atoms with van der Waals surface area (Å²) in [6.07, 6.45) is 4.77. The Morgan fingerprint density at radius 3 is 2.83 bits per heavy atom. The normalized spacial score (nSPS) is 12.5. The number of hydrogen-bond acceptors (Lipinski definition) is 5. The molecule has 1 N–H and O–H groups in total. The lowest BCUT2D eigenvalue weighted by atomic mass is 10.2. The number of anilines is 1. The van der Waals surface area contributed by atoms with E-state index in [9.17, 15) is 4.79 Å². The van der Waals surface area contributed by atoms with Crippen LogP contribution in [0, 0.1) is 0 Å². The van der Waals surface area contributed by atoms with Gasteiger partial charge in [-0.15, -0.1) is 0 Å². The number of amides is 2. The molecule has 0 bridgehead atoms. The van der Waals surface area contributed by atoms with E-state index in [0.29, 0.717) is 36.0 Å².